The fourth-order valence-electron chi connectivity index (χ4n) is 2.94. The number of nitrogens with zero attached hydrogens (tertiary/aromatic N) is 1. The Balaban J connectivity index is 2.18. The lowest BCUT2D eigenvalue weighted by Crippen LogP contribution is -2.44. The van der Waals surface area contributed by atoms with Crippen LogP contribution >= 0.6 is 0 Å². The molecule has 0 amide bonds. The summed E-state index contributed by atoms with van der Waals surface area (Å²) in [4.78, 5) is 4.25. The van der Waals surface area contributed by atoms with Crippen LogP contribution in [0.3, 0.4) is 0 Å². The van der Waals surface area contributed by atoms with Gasteiger partial charge < -0.3 is 15.4 Å². The van der Waals surface area contributed by atoms with Gasteiger partial charge in [0.15, 0.2) is 5.96 Å². The lowest BCUT2D eigenvalue weighted by Gasteiger charge is -2.27. The maximum Gasteiger partial charge on any atom is 0.191 e. The first-order valence-corrected chi connectivity index (χ1v) is 7.61. The molecule has 1 aliphatic rings. The number of methoxy groups -OCH3 is 1. The van der Waals surface area contributed by atoms with Crippen LogP contribution in [0.1, 0.15) is 46.0 Å². The minimum Gasteiger partial charge on any atom is -0.383 e. The molecule has 0 saturated heterocycles. The van der Waals surface area contributed by atoms with Gasteiger partial charge in [0.2, 0.25) is 0 Å². The van der Waals surface area contributed by atoms with Crippen molar-refractivity contribution in [1.29, 1.82) is 0 Å². The molecule has 112 valence electrons. The number of hydrogen-bond donors (Lipinski definition) is 2. The Hall–Kier alpha value is -0.770. The molecule has 1 aliphatic carbocycles. The van der Waals surface area contributed by atoms with Crippen LogP contribution in [0, 0.1) is 11.8 Å². The first-order valence-electron chi connectivity index (χ1n) is 7.61. The van der Waals surface area contributed by atoms with Crippen molar-refractivity contribution < 1.29 is 4.74 Å². The molecule has 0 heterocycles. The van der Waals surface area contributed by atoms with Crippen molar-refractivity contribution in [2.45, 2.75) is 52.0 Å². The smallest absolute Gasteiger partial charge is 0.191 e. The average molecular weight is 269 g/mol. The van der Waals surface area contributed by atoms with E-state index in [9.17, 15) is 0 Å². The molecule has 0 bridgehead atoms. The third-order valence-corrected chi connectivity index (χ3v) is 3.91. The largest absolute Gasteiger partial charge is 0.383 e. The molecular weight excluding hydrogens is 238 g/mol. The Kier molecular flexibility index (Phi) is 7.87. The normalized spacial score (nSPS) is 26.0. The van der Waals surface area contributed by atoms with Crippen molar-refractivity contribution in [3.05, 3.63) is 0 Å². The van der Waals surface area contributed by atoms with Crippen LogP contribution in [-0.4, -0.2) is 39.3 Å². The third-order valence-electron chi connectivity index (χ3n) is 3.91. The standard InChI is InChI=1S/C15H31N3O/c1-12-6-5-7-14(10-12)8-9-17-15(16-3)18-13(2)11-19-4/h12-14H,5-11H2,1-4H3,(H2,16,17,18). The zero-order chi connectivity index (χ0) is 14.1. The summed E-state index contributed by atoms with van der Waals surface area (Å²) in [6.45, 7) is 6.18. The second-order valence-electron chi connectivity index (χ2n) is 5.93. The van der Waals surface area contributed by atoms with E-state index in [-0.39, 0.29) is 6.04 Å². The quantitative estimate of drug-likeness (QED) is 0.575. The molecule has 2 N–H and O–H groups in total. The Morgan fingerprint density at radius 3 is 2.84 bits per heavy atom. The number of ether oxygens (including phenoxy) is 1. The number of nitrogens with one attached hydrogen (secondary N) is 2. The molecule has 0 radical (unpaired) electrons. The molecule has 0 aromatic rings. The molecule has 4 nitrogen and oxygen atoms in total. The Morgan fingerprint density at radius 2 is 2.21 bits per heavy atom. The predicted molar refractivity (Wildman–Crippen MR) is 81.6 cm³/mol. The molecule has 19 heavy (non-hydrogen) atoms. The van der Waals surface area contributed by atoms with E-state index in [2.05, 4.69) is 29.5 Å². The molecule has 0 spiro atoms. The van der Waals surface area contributed by atoms with Crippen molar-refractivity contribution in [2.24, 2.45) is 16.8 Å². The Bertz CT molecular complexity index is 268. The predicted octanol–water partition coefficient (Wildman–Crippen LogP) is 2.40. The fraction of sp³-hybridized carbons (Fsp3) is 0.933. The molecule has 0 aromatic carbocycles. The Labute approximate surface area is 118 Å². The summed E-state index contributed by atoms with van der Waals surface area (Å²) in [5.41, 5.74) is 0. The first-order chi connectivity index (χ1) is 9.15. The number of hydrogen-bond acceptors (Lipinski definition) is 2. The zero-order valence-corrected chi connectivity index (χ0v) is 13.0. The van der Waals surface area contributed by atoms with Crippen LogP contribution in [0.15, 0.2) is 4.99 Å². The van der Waals surface area contributed by atoms with Crippen molar-refractivity contribution in [3.8, 4) is 0 Å². The second-order valence-corrected chi connectivity index (χ2v) is 5.93. The van der Waals surface area contributed by atoms with E-state index < -0.39 is 0 Å². The van der Waals surface area contributed by atoms with Gasteiger partial charge in [0, 0.05) is 26.7 Å². The molecule has 3 unspecified atom stereocenters. The molecule has 4 heteroatoms. The first kappa shape index (κ1) is 16.3. The van der Waals surface area contributed by atoms with Gasteiger partial charge in [-0.1, -0.05) is 26.2 Å². The highest BCUT2D eigenvalue weighted by atomic mass is 16.5. The molecule has 0 aliphatic heterocycles. The summed E-state index contributed by atoms with van der Waals surface area (Å²) in [7, 11) is 3.54. The van der Waals surface area contributed by atoms with Crippen LogP contribution in [-0.2, 0) is 4.74 Å². The topological polar surface area (TPSA) is 45.7 Å². The van der Waals surface area contributed by atoms with E-state index in [0.717, 1.165) is 24.3 Å². The van der Waals surface area contributed by atoms with Crippen molar-refractivity contribution >= 4 is 5.96 Å². The average Bonchev–Trinajstić information content (AvgIpc) is 2.38. The van der Waals surface area contributed by atoms with Crippen LogP contribution < -0.4 is 10.6 Å². The van der Waals surface area contributed by atoms with Gasteiger partial charge in [-0.15, -0.1) is 0 Å². The highest BCUT2D eigenvalue weighted by Gasteiger charge is 2.18. The minimum absolute atomic E-state index is 0.283. The summed E-state index contributed by atoms with van der Waals surface area (Å²) in [5, 5.41) is 6.73. The third kappa shape index (κ3) is 6.81. The molecule has 1 saturated carbocycles. The maximum absolute atomic E-state index is 5.12. The molecule has 1 fully saturated rings. The highest BCUT2D eigenvalue weighted by molar-refractivity contribution is 5.79. The van der Waals surface area contributed by atoms with E-state index in [0.29, 0.717) is 6.61 Å². The van der Waals surface area contributed by atoms with E-state index in [4.69, 9.17) is 4.74 Å². The van der Waals surface area contributed by atoms with Gasteiger partial charge in [-0.2, -0.15) is 0 Å². The molecule has 1 rings (SSSR count). The van der Waals surface area contributed by atoms with Gasteiger partial charge in [-0.3, -0.25) is 4.99 Å². The van der Waals surface area contributed by atoms with Crippen LogP contribution in [0.4, 0.5) is 0 Å². The Morgan fingerprint density at radius 1 is 1.42 bits per heavy atom. The van der Waals surface area contributed by atoms with Gasteiger partial charge >= 0.3 is 0 Å². The van der Waals surface area contributed by atoms with Crippen LogP contribution in [0.2, 0.25) is 0 Å². The fourth-order valence-corrected chi connectivity index (χ4v) is 2.94. The summed E-state index contributed by atoms with van der Waals surface area (Å²) in [6.07, 6.45) is 6.88. The van der Waals surface area contributed by atoms with E-state index in [1.165, 1.54) is 32.1 Å². The lowest BCUT2D eigenvalue weighted by molar-refractivity contribution is 0.179. The number of guanidine groups is 1. The number of rotatable bonds is 6. The minimum atomic E-state index is 0.283. The zero-order valence-electron chi connectivity index (χ0n) is 13.0. The summed E-state index contributed by atoms with van der Waals surface area (Å²) >= 11 is 0. The second kappa shape index (κ2) is 9.18. The van der Waals surface area contributed by atoms with Gasteiger partial charge in [-0.05, 0) is 31.6 Å². The maximum atomic E-state index is 5.12. The molecule has 0 aromatic heterocycles. The van der Waals surface area contributed by atoms with Crippen LogP contribution in [0.25, 0.3) is 0 Å². The monoisotopic (exact) mass is 269 g/mol. The SMILES string of the molecule is CN=C(NCCC1CCCC(C)C1)NC(C)COC. The molecule has 3 atom stereocenters. The van der Waals surface area contributed by atoms with E-state index in [1.807, 2.05) is 7.05 Å². The molecular formula is C15H31N3O. The summed E-state index contributed by atoms with van der Waals surface area (Å²) in [6, 6.07) is 0.283. The summed E-state index contributed by atoms with van der Waals surface area (Å²) in [5.74, 6) is 2.69. The number of aliphatic imine (C=N–C) groups is 1. The lowest BCUT2D eigenvalue weighted by atomic mass is 9.81. The van der Waals surface area contributed by atoms with E-state index >= 15 is 0 Å². The van der Waals surface area contributed by atoms with E-state index in [1.54, 1.807) is 7.11 Å². The van der Waals surface area contributed by atoms with Gasteiger partial charge in [0.25, 0.3) is 0 Å². The van der Waals surface area contributed by atoms with Gasteiger partial charge in [-0.25, -0.2) is 0 Å². The highest BCUT2D eigenvalue weighted by Crippen LogP contribution is 2.30. The van der Waals surface area contributed by atoms with Gasteiger partial charge in [0.05, 0.1) is 6.61 Å². The van der Waals surface area contributed by atoms with Crippen LogP contribution in [0.5, 0.6) is 0 Å². The van der Waals surface area contributed by atoms with Crippen molar-refractivity contribution in [2.75, 3.05) is 27.3 Å². The van der Waals surface area contributed by atoms with Gasteiger partial charge in [0.1, 0.15) is 0 Å². The van der Waals surface area contributed by atoms with Crippen molar-refractivity contribution in [3.63, 3.8) is 0 Å². The van der Waals surface area contributed by atoms with Crippen molar-refractivity contribution in [1.82, 2.24) is 10.6 Å². The summed E-state index contributed by atoms with van der Waals surface area (Å²) < 4.78 is 5.12.